The van der Waals surface area contributed by atoms with Gasteiger partial charge in [0.2, 0.25) is 41.4 Å². The second-order valence-corrected chi connectivity index (χ2v) is 18.4. The Bertz CT molecular complexity index is 2350. The lowest BCUT2D eigenvalue weighted by Crippen LogP contribution is -2.61. The molecule has 25 heteroatoms. The third kappa shape index (κ3) is 21.0. The number of phenols is 1. The van der Waals surface area contributed by atoms with Gasteiger partial charge in [0.15, 0.2) is 6.10 Å². The summed E-state index contributed by atoms with van der Waals surface area (Å²) in [5, 5.41) is 34.5. The normalized spacial score (nSPS) is 14.4. The van der Waals surface area contributed by atoms with E-state index in [1.807, 2.05) is 0 Å². The van der Waals surface area contributed by atoms with Gasteiger partial charge in [-0.05, 0) is 60.8 Å². The minimum absolute atomic E-state index is 0.00137. The lowest BCUT2D eigenvalue weighted by atomic mass is 9.98. The van der Waals surface area contributed by atoms with E-state index in [0.717, 1.165) is 0 Å². The highest BCUT2D eigenvalue weighted by Crippen LogP contribution is 2.14. The standard InChI is InChI=1S/C48H67N11O13S/c1-25(2)18-34(44(67)55-33(15-17-39(62)63)48(71)72-37(23-73)41(51)64)56-45(68)35(20-27-8-6-5-7-9-27)58-47(70)40(26(3)4)59-46(69)36(21-29-22-52-24-53-29)57-43(66)32(14-16-38(50)61)54-42(65)31(49)19-28-10-12-30(60)13-11-28/h5-13,22,24-26,31-37,40,60,73H,14-21,23,49H2,1-4H3,(H2,50,61)(H2,51,64)(H,52,53)(H,54,65)(H,55,67)(H,56,68)(H,57,66)(H,58,70)(H,59,69)(H,62,63)/t31-,32-,33-,34-,35-,36-,37?,40-/m0/s1. The largest absolute Gasteiger partial charge is 0.508 e. The fraction of sp³-hybridized carbons (Fsp3) is 0.479. The fourth-order valence-corrected chi connectivity index (χ4v) is 7.45. The van der Waals surface area contributed by atoms with Crippen LogP contribution in [0.25, 0.3) is 0 Å². The van der Waals surface area contributed by atoms with E-state index in [-0.39, 0.29) is 55.9 Å². The summed E-state index contributed by atoms with van der Waals surface area (Å²) in [6.07, 6.45) is -0.698. The summed E-state index contributed by atoms with van der Waals surface area (Å²) < 4.78 is 5.12. The summed E-state index contributed by atoms with van der Waals surface area (Å²) in [5.41, 5.74) is 18.4. The molecule has 0 saturated heterocycles. The van der Waals surface area contributed by atoms with E-state index < -0.39 is 126 Å². The van der Waals surface area contributed by atoms with Crippen LogP contribution in [0.4, 0.5) is 0 Å². The van der Waals surface area contributed by atoms with Crippen molar-refractivity contribution in [3.05, 3.63) is 83.9 Å². The van der Waals surface area contributed by atoms with Gasteiger partial charge in [-0.2, -0.15) is 12.6 Å². The molecule has 398 valence electrons. The monoisotopic (exact) mass is 1040 g/mol. The molecule has 1 aromatic heterocycles. The number of carboxylic acid groups (broad SMARTS) is 1. The van der Waals surface area contributed by atoms with Crippen molar-refractivity contribution in [2.24, 2.45) is 29.0 Å². The van der Waals surface area contributed by atoms with Crippen molar-refractivity contribution < 1.29 is 62.9 Å². The third-order valence-corrected chi connectivity index (χ3v) is 11.5. The maximum Gasteiger partial charge on any atom is 0.329 e. The van der Waals surface area contributed by atoms with Crippen molar-refractivity contribution >= 4 is 71.8 Å². The number of aromatic hydroxyl groups is 1. The predicted molar refractivity (Wildman–Crippen MR) is 266 cm³/mol. The van der Waals surface area contributed by atoms with Crippen molar-refractivity contribution in [1.82, 2.24) is 41.9 Å². The van der Waals surface area contributed by atoms with Gasteiger partial charge in [0.05, 0.1) is 12.4 Å². The molecule has 0 spiro atoms. The number of primary amides is 2. The fourth-order valence-electron chi connectivity index (χ4n) is 7.19. The maximum absolute atomic E-state index is 14.3. The maximum atomic E-state index is 14.3. The zero-order chi connectivity index (χ0) is 54.4. The third-order valence-electron chi connectivity index (χ3n) is 11.1. The second kappa shape index (κ2) is 29.7. The highest BCUT2D eigenvalue weighted by atomic mass is 32.1. The molecule has 0 radical (unpaired) electrons. The summed E-state index contributed by atoms with van der Waals surface area (Å²) in [6.45, 7) is 6.74. The number of thiol groups is 1. The first-order valence-electron chi connectivity index (χ1n) is 23.4. The van der Waals surface area contributed by atoms with Crippen LogP contribution in [0, 0.1) is 11.8 Å². The van der Waals surface area contributed by atoms with Crippen molar-refractivity contribution in [1.29, 1.82) is 0 Å². The van der Waals surface area contributed by atoms with Crippen molar-refractivity contribution in [3.63, 3.8) is 0 Å². The van der Waals surface area contributed by atoms with Crippen LogP contribution in [-0.4, -0.2) is 134 Å². The van der Waals surface area contributed by atoms with Crippen LogP contribution in [-0.2, 0) is 71.9 Å². The van der Waals surface area contributed by atoms with E-state index in [2.05, 4.69) is 54.5 Å². The Morgan fingerprint density at radius 2 is 1.19 bits per heavy atom. The number of nitrogens with zero attached hydrogens (tertiary/aromatic N) is 1. The first-order valence-corrected chi connectivity index (χ1v) is 24.1. The van der Waals surface area contributed by atoms with Gasteiger partial charge >= 0.3 is 11.9 Å². The molecule has 8 atom stereocenters. The zero-order valence-corrected chi connectivity index (χ0v) is 41.9. The number of esters is 1. The number of benzene rings is 2. The number of aromatic amines is 1. The van der Waals surface area contributed by atoms with Gasteiger partial charge in [0.25, 0.3) is 5.91 Å². The van der Waals surface area contributed by atoms with Crippen LogP contribution in [0.15, 0.2) is 67.1 Å². The molecule has 0 bridgehead atoms. The summed E-state index contributed by atoms with van der Waals surface area (Å²) in [5.74, 6) is -10.6. The molecule has 3 aromatic rings. The van der Waals surface area contributed by atoms with Gasteiger partial charge in [-0.15, -0.1) is 0 Å². The lowest BCUT2D eigenvalue weighted by Gasteiger charge is -2.29. The van der Waals surface area contributed by atoms with Crippen molar-refractivity contribution in [2.45, 2.75) is 127 Å². The molecule has 73 heavy (non-hydrogen) atoms. The van der Waals surface area contributed by atoms with Crippen LogP contribution in [0.1, 0.15) is 76.6 Å². The number of nitrogens with two attached hydrogens (primary N) is 3. The number of H-pyrrole nitrogens is 1. The van der Waals surface area contributed by atoms with Crippen molar-refractivity contribution in [3.8, 4) is 5.75 Å². The lowest BCUT2D eigenvalue weighted by molar-refractivity contribution is -0.157. The van der Waals surface area contributed by atoms with Gasteiger partial charge < -0.3 is 69.0 Å². The molecule has 0 saturated carbocycles. The zero-order valence-electron chi connectivity index (χ0n) is 41.0. The smallest absolute Gasteiger partial charge is 0.329 e. The number of carbonyl (C=O) groups is 10. The van der Waals surface area contributed by atoms with E-state index in [4.69, 9.17) is 21.9 Å². The van der Waals surface area contributed by atoms with E-state index in [1.165, 1.54) is 24.7 Å². The van der Waals surface area contributed by atoms with E-state index in [1.54, 1.807) is 70.2 Å². The minimum atomic E-state index is -1.59. The molecule has 0 aliphatic carbocycles. The molecule has 0 aliphatic rings. The minimum Gasteiger partial charge on any atom is -0.508 e. The van der Waals surface area contributed by atoms with E-state index >= 15 is 0 Å². The molecular formula is C48H67N11O13S. The molecular weight excluding hydrogens is 971 g/mol. The molecule has 1 unspecified atom stereocenters. The van der Waals surface area contributed by atoms with Crippen LogP contribution >= 0.6 is 12.6 Å². The van der Waals surface area contributed by atoms with Gasteiger partial charge in [-0.25, -0.2) is 9.78 Å². The molecule has 15 N–H and O–H groups in total. The number of hydrogen-bond acceptors (Lipinski definition) is 15. The number of rotatable bonds is 31. The number of carboxylic acids is 1. The highest BCUT2D eigenvalue weighted by Gasteiger charge is 2.36. The number of nitrogens with one attached hydrogen (secondary N) is 7. The average molecular weight is 1040 g/mol. The second-order valence-electron chi connectivity index (χ2n) is 18.1. The molecule has 3 rings (SSSR count). The number of carbonyl (C=O) groups excluding carboxylic acids is 9. The number of aliphatic carboxylic acids is 1. The number of imidazole rings is 1. The number of amides is 8. The number of phenolic OH excluding ortho intramolecular Hbond substituents is 1. The molecule has 1 heterocycles. The Labute approximate surface area is 427 Å². The van der Waals surface area contributed by atoms with Crippen LogP contribution in [0.5, 0.6) is 5.75 Å². The highest BCUT2D eigenvalue weighted by molar-refractivity contribution is 7.80. The van der Waals surface area contributed by atoms with Gasteiger partial charge in [-0.3, -0.25) is 43.2 Å². The SMILES string of the molecule is CC(C)C[C@H](NC(=O)[C@H](Cc1ccccc1)NC(=O)[C@@H](NC(=O)[C@H](Cc1cnc[nH]1)NC(=O)[C@H](CCC(N)=O)NC(=O)[C@@H](N)Cc1ccc(O)cc1)C(C)C)C(=O)N[C@@H](CCC(=O)O)C(=O)OC(CS)C(N)=O. The molecule has 2 aromatic carbocycles. The van der Waals surface area contributed by atoms with Crippen LogP contribution in [0.2, 0.25) is 0 Å². The Morgan fingerprint density at radius 3 is 1.75 bits per heavy atom. The van der Waals surface area contributed by atoms with Crippen LogP contribution in [0.3, 0.4) is 0 Å². The van der Waals surface area contributed by atoms with Crippen molar-refractivity contribution in [2.75, 3.05) is 5.75 Å². The van der Waals surface area contributed by atoms with Gasteiger partial charge in [0, 0.05) is 43.3 Å². The number of aromatic nitrogens is 2. The summed E-state index contributed by atoms with van der Waals surface area (Å²) in [4.78, 5) is 139. The first kappa shape index (κ1) is 59.8. The first-order chi connectivity index (χ1) is 34.5. The van der Waals surface area contributed by atoms with E-state index in [9.17, 15) is 58.2 Å². The number of hydrogen-bond donors (Lipinski definition) is 13. The Balaban J connectivity index is 1.90. The quantitative estimate of drug-likeness (QED) is 0.0259. The summed E-state index contributed by atoms with van der Waals surface area (Å²) in [6, 6.07) is 4.77. The van der Waals surface area contributed by atoms with Gasteiger partial charge in [-0.1, -0.05) is 70.2 Å². The van der Waals surface area contributed by atoms with E-state index in [0.29, 0.717) is 16.8 Å². The number of ether oxygens (including phenoxy) is 1. The Kier molecular flexibility index (Phi) is 24.3. The summed E-state index contributed by atoms with van der Waals surface area (Å²) >= 11 is 3.95. The topological polar surface area (TPSA) is 399 Å². The molecule has 0 fully saturated rings. The molecule has 0 aliphatic heterocycles. The summed E-state index contributed by atoms with van der Waals surface area (Å²) in [7, 11) is 0. The molecule has 8 amide bonds. The Hall–Kier alpha value is -7.54. The average Bonchev–Trinajstić information content (AvgIpc) is 3.85. The molecule has 24 nitrogen and oxygen atoms in total. The predicted octanol–water partition coefficient (Wildman–Crippen LogP) is -1.46. The Morgan fingerprint density at radius 1 is 0.658 bits per heavy atom. The van der Waals surface area contributed by atoms with Crippen LogP contribution < -0.4 is 49.1 Å². The van der Waals surface area contributed by atoms with Gasteiger partial charge in [0.1, 0.15) is 42.0 Å².